The highest BCUT2D eigenvalue weighted by molar-refractivity contribution is 5.29. The van der Waals surface area contributed by atoms with Crippen LogP contribution in [-0.2, 0) is 6.42 Å². The first-order valence-electron chi connectivity index (χ1n) is 3.31. The number of hydrogen-bond acceptors (Lipinski definition) is 1. The molecule has 0 radical (unpaired) electrons. The molecule has 1 aromatic rings. The second kappa shape index (κ2) is 3.19. The Morgan fingerprint density at radius 3 is 2.73 bits per heavy atom. The zero-order valence-electron chi connectivity index (χ0n) is 6.05. The van der Waals surface area contributed by atoms with Gasteiger partial charge in [0.2, 0.25) is 0 Å². The van der Waals surface area contributed by atoms with Crippen LogP contribution >= 0.6 is 0 Å². The third kappa shape index (κ3) is 2.08. The number of phenolic OH excluding ortho intramolecular Hbond substituents is 1. The van der Waals surface area contributed by atoms with Gasteiger partial charge in [0.05, 0.1) is 0 Å². The van der Waals surface area contributed by atoms with Gasteiger partial charge < -0.3 is 5.11 Å². The van der Waals surface area contributed by atoms with Crippen LogP contribution in [0.4, 0.5) is 4.39 Å². The Hall–Kier alpha value is -1.31. The van der Waals surface area contributed by atoms with Crippen molar-refractivity contribution >= 4 is 0 Å². The molecular formula is C9H9FO. The first-order valence-corrected chi connectivity index (χ1v) is 3.31. The van der Waals surface area contributed by atoms with E-state index in [0.29, 0.717) is 6.42 Å². The number of rotatable bonds is 2. The summed E-state index contributed by atoms with van der Waals surface area (Å²) in [5.41, 5.74) is 0.734. The van der Waals surface area contributed by atoms with Crippen LogP contribution in [0, 0.1) is 5.82 Å². The zero-order valence-corrected chi connectivity index (χ0v) is 6.05. The molecule has 0 aromatic heterocycles. The Kier molecular flexibility index (Phi) is 2.26. The van der Waals surface area contributed by atoms with E-state index in [0.717, 1.165) is 11.6 Å². The number of halogens is 1. The van der Waals surface area contributed by atoms with E-state index in [9.17, 15) is 4.39 Å². The molecule has 0 atom stereocenters. The summed E-state index contributed by atoms with van der Waals surface area (Å²) in [5.74, 6) is -0.455. The van der Waals surface area contributed by atoms with Crippen molar-refractivity contribution < 1.29 is 9.50 Å². The van der Waals surface area contributed by atoms with Crippen LogP contribution in [0.2, 0.25) is 0 Å². The van der Waals surface area contributed by atoms with E-state index in [1.807, 2.05) is 0 Å². The van der Waals surface area contributed by atoms with Crippen LogP contribution < -0.4 is 0 Å². The lowest BCUT2D eigenvalue weighted by molar-refractivity contribution is 0.468. The predicted octanol–water partition coefficient (Wildman–Crippen LogP) is 2.26. The molecule has 1 aromatic carbocycles. The van der Waals surface area contributed by atoms with Crippen molar-refractivity contribution in [1.82, 2.24) is 0 Å². The van der Waals surface area contributed by atoms with Crippen LogP contribution in [0.5, 0.6) is 5.75 Å². The van der Waals surface area contributed by atoms with Crippen molar-refractivity contribution in [2.45, 2.75) is 6.42 Å². The molecule has 0 heterocycles. The molecule has 0 fully saturated rings. The molecule has 0 spiro atoms. The Morgan fingerprint density at radius 2 is 2.18 bits per heavy atom. The molecule has 2 heteroatoms. The topological polar surface area (TPSA) is 20.2 Å². The van der Waals surface area contributed by atoms with Gasteiger partial charge in [0.25, 0.3) is 0 Å². The second-order valence-electron chi connectivity index (χ2n) is 2.31. The van der Waals surface area contributed by atoms with Gasteiger partial charge in [-0.3, -0.25) is 0 Å². The molecule has 1 N–H and O–H groups in total. The lowest BCUT2D eigenvalue weighted by Gasteiger charge is -1.97. The minimum Gasteiger partial charge on any atom is -0.508 e. The average Bonchev–Trinajstić information content (AvgIpc) is 1.85. The second-order valence-corrected chi connectivity index (χ2v) is 2.31. The molecular weight excluding hydrogens is 143 g/mol. The van der Waals surface area contributed by atoms with Crippen molar-refractivity contribution in [1.29, 1.82) is 0 Å². The molecule has 1 rings (SSSR count). The fourth-order valence-electron chi connectivity index (χ4n) is 0.918. The summed E-state index contributed by atoms with van der Waals surface area (Å²) in [7, 11) is 0. The maximum atomic E-state index is 12.6. The maximum absolute atomic E-state index is 12.6. The zero-order chi connectivity index (χ0) is 8.27. The predicted molar refractivity (Wildman–Crippen MR) is 42.0 cm³/mol. The van der Waals surface area contributed by atoms with Crippen molar-refractivity contribution in [3.05, 3.63) is 42.2 Å². The molecule has 0 saturated carbocycles. The fourth-order valence-corrected chi connectivity index (χ4v) is 0.918. The van der Waals surface area contributed by atoms with E-state index in [-0.39, 0.29) is 5.75 Å². The summed E-state index contributed by atoms with van der Waals surface area (Å²) in [6, 6.07) is 3.97. The Bertz CT molecular complexity index is 248. The largest absolute Gasteiger partial charge is 0.508 e. The maximum Gasteiger partial charge on any atom is 0.127 e. The first kappa shape index (κ1) is 7.79. The molecule has 0 amide bonds. The van der Waals surface area contributed by atoms with Gasteiger partial charge in [-0.15, -0.1) is 6.58 Å². The van der Waals surface area contributed by atoms with E-state index >= 15 is 0 Å². The van der Waals surface area contributed by atoms with Crippen LogP contribution in [0.1, 0.15) is 5.56 Å². The van der Waals surface area contributed by atoms with E-state index in [2.05, 4.69) is 6.58 Å². The first-order chi connectivity index (χ1) is 5.22. The molecule has 0 unspecified atom stereocenters. The van der Waals surface area contributed by atoms with Gasteiger partial charge in [-0.25, -0.2) is 4.39 Å². The highest BCUT2D eigenvalue weighted by Crippen LogP contribution is 2.14. The van der Waals surface area contributed by atoms with Crippen LogP contribution in [0.25, 0.3) is 0 Å². The van der Waals surface area contributed by atoms with Gasteiger partial charge in [0.1, 0.15) is 11.6 Å². The van der Waals surface area contributed by atoms with Gasteiger partial charge in [0.15, 0.2) is 0 Å². The number of aromatic hydroxyl groups is 1. The van der Waals surface area contributed by atoms with E-state index in [1.54, 1.807) is 6.08 Å². The molecule has 0 bridgehead atoms. The van der Waals surface area contributed by atoms with E-state index in [4.69, 9.17) is 5.11 Å². The van der Waals surface area contributed by atoms with Gasteiger partial charge in [-0.1, -0.05) is 6.08 Å². The molecule has 0 aliphatic rings. The van der Waals surface area contributed by atoms with Crippen LogP contribution in [0.3, 0.4) is 0 Å². The summed E-state index contributed by atoms with van der Waals surface area (Å²) in [5, 5.41) is 8.95. The molecule has 0 aliphatic heterocycles. The van der Waals surface area contributed by atoms with Gasteiger partial charge in [-0.2, -0.15) is 0 Å². The van der Waals surface area contributed by atoms with Gasteiger partial charge >= 0.3 is 0 Å². The minimum absolute atomic E-state index is 0.0400. The van der Waals surface area contributed by atoms with Gasteiger partial charge in [-0.05, 0) is 24.1 Å². The third-order valence-electron chi connectivity index (χ3n) is 1.32. The van der Waals surface area contributed by atoms with E-state index in [1.165, 1.54) is 12.1 Å². The average molecular weight is 152 g/mol. The Labute approximate surface area is 64.8 Å². The fraction of sp³-hybridized carbons (Fsp3) is 0.111. The molecule has 0 aliphatic carbocycles. The monoisotopic (exact) mass is 152 g/mol. The Morgan fingerprint density at radius 1 is 1.45 bits per heavy atom. The SMILES string of the molecule is C=CCc1cc(O)cc(F)c1. The quantitative estimate of drug-likeness (QED) is 0.644. The third-order valence-corrected chi connectivity index (χ3v) is 1.32. The van der Waals surface area contributed by atoms with Crippen LogP contribution in [-0.4, -0.2) is 5.11 Å². The van der Waals surface area contributed by atoms with Crippen molar-refractivity contribution in [2.75, 3.05) is 0 Å². The summed E-state index contributed by atoms with van der Waals surface area (Å²) in [6.45, 7) is 3.51. The molecule has 1 nitrogen and oxygen atoms in total. The normalized spacial score (nSPS) is 9.55. The summed E-state index contributed by atoms with van der Waals surface area (Å²) >= 11 is 0. The standard InChI is InChI=1S/C9H9FO/c1-2-3-7-4-8(10)6-9(11)5-7/h2,4-6,11H,1,3H2. The number of hydrogen-bond donors (Lipinski definition) is 1. The van der Waals surface area contributed by atoms with Crippen LogP contribution in [0.15, 0.2) is 30.9 Å². The summed E-state index contributed by atoms with van der Waals surface area (Å²) in [4.78, 5) is 0. The lowest BCUT2D eigenvalue weighted by atomic mass is 10.1. The highest BCUT2D eigenvalue weighted by Gasteiger charge is 1.96. The minimum atomic E-state index is -0.415. The lowest BCUT2D eigenvalue weighted by Crippen LogP contribution is -1.82. The van der Waals surface area contributed by atoms with Crippen molar-refractivity contribution in [3.8, 4) is 5.75 Å². The molecule has 0 saturated heterocycles. The highest BCUT2D eigenvalue weighted by atomic mass is 19.1. The Balaban J connectivity index is 2.98. The molecule has 58 valence electrons. The smallest absolute Gasteiger partial charge is 0.127 e. The molecule has 11 heavy (non-hydrogen) atoms. The number of benzene rings is 1. The van der Waals surface area contributed by atoms with Crippen molar-refractivity contribution in [2.24, 2.45) is 0 Å². The number of allylic oxidation sites excluding steroid dienone is 1. The number of phenols is 1. The summed E-state index contributed by atoms with van der Waals surface area (Å²) in [6.07, 6.45) is 2.24. The van der Waals surface area contributed by atoms with Gasteiger partial charge in [0, 0.05) is 6.07 Å². The van der Waals surface area contributed by atoms with E-state index < -0.39 is 5.82 Å². The van der Waals surface area contributed by atoms with Crippen molar-refractivity contribution in [3.63, 3.8) is 0 Å². The summed E-state index contributed by atoms with van der Waals surface area (Å²) < 4.78 is 12.6.